The van der Waals surface area contributed by atoms with Crippen LogP contribution in [0.5, 0.6) is 0 Å². The molecule has 0 radical (unpaired) electrons. The second kappa shape index (κ2) is 6.75. The Morgan fingerprint density at radius 1 is 1.32 bits per heavy atom. The summed E-state index contributed by atoms with van der Waals surface area (Å²) in [7, 11) is 0. The van der Waals surface area contributed by atoms with E-state index in [9.17, 15) is 19.5 Å². The van der Waals surface area contributed by atoms with Crippen molar-refractivity contribution in [2.24, 2.45) is 5.73 Å². The van der Waals surface area contributed by atoms with Gasteiger partial charge in [-0.1, -0.05) is 25.1 Å². The van der Waals surface area contributed by atoms with Gasteiger partial charge in [0.25, 0.3) is 5.56 Å². The van der Waals surface area contributed by atoms with Gasteiger partial charge in [0.2, 0.25) is 5.91 Å². The van der Waals surface area contributed by atoms with Crippen molar-refractivity contribution in [3.05, 3.63) is 62.9 Å². The van der Waals surface area contributed by atoms with Crippen molar-refractivity contribution in [1.29, 1.82) is 0 Å². The molecule has 3 N–H and O–H groups in total. The highest BCUT2D eigenvalue weighted by atomic mass is 16.6. The van der Waals surface area contributed by atoms with Gasteiger partial charge in [0.1, 0.15) is 6.61 Å². The number of hydrogen-bond acceptors (Lipinski definition) is 6. The Morgan fingerprint density at radius 2 is 2.13 bits per heavy atom. The minimum Gasteiger partial charge on any atom is -0.458 e. The number of esters is 1. The third-order valence-corrected chi connectivity index (χ3v) is 6.26. The number of aliphatic hydroxyl groups is 1. The van der Waals surface area contributed by atoms with E-state index in [0.29, 0.717) is 35.5 Å². The lowest BCUT2D eigenvalue weighted by atomic mass is 9.86. The highest BCUT2D eigenvalue weighted by molar-refractivity contribution is 5.88. The molecule has 2 aliphatic rings. The van der Waals surface area contributed by atoms with Crippen LogP contribution < -0.4 is 11.3 Å². The average Bonchev–Trinajstić information content (AvgIpc) is 3.11. The van der Waals surface area contributed by atoms with Crippen LogP contribution in [0.25, 0.3) is 22.3 Å². The molecule has 31 heavy (non-hydrogen) atoms. The summed E-state index contributed by atoms with van der Waals surface area (Å²) in [6.45, 7) is 1.87. The Bertz CT molecular complexity index is 1340. The third-order valence-electron chi connectivity index (χ3n) is 6.26. The van der Waals surface area contributed by atoms with Crippen LogP contribution in [0.4, 0.5) is 0 Å². The van der Waals surface area contributed by atoms with Crippen LogP contribution in [0.3, 0.4) is 0 Å². The first-order valence-electron chi connectivity index (χ1n) is 10.2. The fraction of sp³-hybridized carbons (Fsp3) is 0.304. The molecule has 2 aromatic heterocycles. The number of primary amides is 1. The van der Waals surface area contributed by atoms with Gasteiger partial charge in [0, 0.05) is 22.9 Å². The summed E-state index contributed by atoms with van der Waals surface area (Å²) in [5, 5.41) is 11.9. The Kier molecular flexibility index (Phi) is 4.23. The predicted octanol–water partition coefficient (Wildman–Crippen LogP) is 1.50. The SMILES string of the molecule is CC[C@@]1(O)C(=O)OCc2c1cc1n(c2=O)Cc2cc3cccc(CCC(N)=O)c3nc2-1. The van der Waals surface area contributed by atoms with Gasteiger partial charge in [-0.3, -0.25) is 9.59 Å². The lowest BCUT2D eigenvalue weighted by Gasteiger charge is -2.31. The number of ether oxygens (including phenoxy) is 1. The number of aromatic nitrogens is 2. The smallest absolute Gasteiger partial charge is 0.343 e. The number of nitrogens with two attached hydrogens (primary N) is 1. The van der Waals surface area contributed by atoms with Gasteiger partial charge in [-0.25, -0.2) is 9.78 Å². The second-order valence-corrected chi connectivity index (χ2v) is 8.05. The van der Waals surface area contributed by atoms with Gasteiger partial charge >= 0.3 is 5.97 Å². The molecule has 0 spiro atoms. The summed E-state index contributed by atoms with van der Waals surface area (Å²) in [6.07, 6.45) is 0.779. The Labute approximate surface area is 177 Å². The second-order valence-electron chi connectivity index (χ2n) is 8.05. The maximum absolute atomic E-state index is 13.2. The van der Waals surface area contributed by atoms with Crippen LogP contribution >= 0.6 is 0 Å². The van der Waals surface area contributed by atoms with Gasteiger partial charge in [-0.15, -0.1) is 0 Å². The van der Waals surface area contributed by atoms with Crippen LogP contribution in [-0.2, 0) is 39.5 Å². The van der Waals surface area contributed by atoms with Crippen LogP contribution in [0.1, 0.15) is 42.0 Å². The van der Waals surface area contributed by atoms with Gasteiger partial charge < -0.3 is 20.1 Å². The number of fused-ring (bicyclic) bond motifs is 5. The van der Waals surface area contributed by atoms with Gasteiger partial charge in [-0.2, -0.15) is 0 Å². The summed E-state index contributed by atoms with van der Waals surface area (Å²) in [4.78, 5) is 41.6. The average molecular weight is 419 g/mol. The molecule has 8 nitrogen and oxygen atoms in total. The number of carbonyl (C=O) groups excluding carboxylic acids is 2. The van der Waals surface area contributed by atoms with Crippen molar-refractivity contribution in [3.8, 4) is 11.4 Å². The summed E-state index contributed by atoms with van der Waals surface area (Å²) < 4.78 is 6.70. The first kappa shape index (κ1) is 19.4. The maximum atomic E-state index is 13.2. The molecule has 0 aliphatic carbocycles. The van der Waals surface area contributed by atoms with E-state index in [2.05, 4.69) is 0 Å². The normalized spacial score (nSPS) is 19.0. The van der Waals surface area contributed by atoms with Crippen LogP contribution in [0, 0.1) is 0 Å². The van der Waals surface area contributed by atoms with E-state index in [1.54, 1.807) is 17.6 Å². The molecule has 1 atom stereocenters. The summed E-state index contributed by atoms with van der Waals surface area (Å²) in [5.74, 6) is -1.13. The molecule has 0 saturated heterocycles. The fourth-order valence-corrected chi connectivity index (χ4v) is 4.53. The molecule has 1 aromatic carbocycles. The van der Waals surface area contributed by atoms with Gasteiger partial charge in [-0.05, 0) is 30.5 Å². The van der Waals surface area contributed by atoms with E-state index >= 15 is 0 Å². The maximum Gasteiger partial charge on any atom is 0.343 e. The van der Waals surface area contributed by atoms with E-state index in [-0.39, 0.29) is 30.9 Å². The number of aryl methyl sites for hydroxylation is 1. The van der Waals surface area contributed by atoms with E-state index in [1.807, 2.05) is 24.3 Å². The highest BCUT2D eigenvalue weighted by Crippen LogP contribution is 2.38. The van der Waals surface area contributed by atoms with Gasteiger partial charge in [0.15, 0.2) is 5.60 Å². The summed E-state index contributed by atoms with van der Waals surface area (Å²) in [6, 6.07) is 9.44. The topological polar surface area (TPSA) is 125 Å². The molecule has 0 bridgehead atoms. The molecule has 3 aromatic rings. The molecular weight excluding hydrogens is 398 g/mol. The number of pyridine rings is 2. The summed E-state index contributed by atoms with van der Waals surface area (Å²) >= 11 is 0. The molecule has 0 unspecified atom stereocenters. The molecule has 2 aliphatic heterocycles. The van der Waals surface area contributed by atoms with Crippen molar-refractivity contribution in [2.75, 3.05) is 0 Å². The zero-order chi connectivity index (χ0) is 21.9. The minimum absolute atomic E-state index is 0.0942. The van der Waals surface area contributed by atoms with Crippen molar-refractivity contribution in [3.63, 3.8) is 0 Å². The van der Waals surface area contributed by atoms with Crippen molar-refractivity contribution in [2.45, 2.75) is 44.9 Å². The zero-order valence-corrected chi connectivity index (χ0v) is 17.0. The lowest BCUT2D eigenvalue weighted by molar-refractivity contribution is -0.172. The summed E-state index contributed by atoms with van der Waals surface area (Å²) in [5.41, 5.74) is 7.47. The molecule has 5 rings (SSSR count). The Hall–Kier alpha value is -3.52. The number of rotatable bonds is 4. The quantitative estimate of drug-likeness (QED) is 0.483. The van der Waals surface area contributed by atoms with Crippen molar-refractivity contribution < 1.29 is 19.4 Å². The van der Waals surface area contributed by atoms with E-state index in [1.165, 1.54) is 0 Å². The highest BCUT2D eigenvalue weighted by Gasteiger charge is 2.45. The number of benzene rings is 1. The molecule has 1 amide bonds. The van der Waals surface area contributed by atoms with Crippen LogP contribution in [-0.4, -0.2) is 26.5 Å². The standard InChI is InChI=1S/C23H21N3O5/c1-2-23(30)16-9-17-20-14(10-26(17)21(28)15(16)11-31-22(23)29)8-13-5-3-4-12(19(13)25-20)6-7-18(24)27/h3-5,8-9,30H,2,6-7,10-11H2,1H3,(H2,24,27)/t23-/m0/s1. The fourth-order valence-electron chi connectivity index (χ4n) is 4.53. The lowest BCUT2D eigenvalue weighted by Crippen LogP contribution is -2.44. The molecule has 4 heterocycles. The van der Waals surface area contributed by atoms with E-state index < -0.39 is 11.6 Å². The molecule has 158 valence electrons. The number of para-hydroxylation sites is 1. The number of amides is 1. The predicted molar refractivity (Wildman–Crippen MR) is 112 cm³/mol. The Morgan fingerprint density at radius 3 is 2.87 bits per heavy atom. The third kappa shape index (κ3) is 2.79. The van der Waals surface area contributed by atoms with Crippen LogP contribution in [0.15, 0.2) is 35.1 Å². The zero-order valence-electron chi connectivity index (χ0n) is 17.0. The number of hydrogen-bond donors (Lipinski definition) is 2. The molecule has 0 saturated carbocycles. The number of cyclic esters (lactones) is 1. The van der Waals surface area contributed by atoms with Crippen LogP contribution in [0.2, 0.25) is 0 Å². The first-order chi connectivity index (χ1) is 14.8. The first-order valence-corrected chi connectivity index (χ1v) is 10.2. The Balaban J connectivity index is 1.72. The minimum atomic E-state index is -1.85. The molecule has 8 heteroatoms. The van der Waals surface area contributed by atoms with E-state index in [0.717, 1.165) is 22.0 Å². The van der Waals surface area contributed by atoms with Gasteiger partial charge in [0.05, 0.1) is 29.0 Å². The number of nitrogens with zero attached hydrogens (tertiary/aromatic N) is 2. The largest absolute Gasteiger partial charge is 0.458 e. The molecule has 0 fully saturated rings. The van der Waals surface area contributed by atoms with E-state index in [4.69, 9.17) is 15.5 Å². The van der Waals surface area contributed by atoms with Crippen molar-refractivity contribution in [1.82, 2.24) is 9.55 Å². The van der Waals surface area contributed by atoms with Crippen molar-refractivity contribution >= 4 is 22.8 Å². The monoisotopic (exact) mass is 419 g/mol. The molecular formula is C23H21N3O5. The number of carbonyl (C=O) groups is 2.